The minimum atomic E-state index is -2.86. The molecule has 0 amide bonds. The number of imidazole rings is 1. The molecule has 2 aromatic heterocycles. The number of hydrogen-bond donors (Lipinski definition) is 0. The molecule has 6 aromatic carbocycles. The number of aryl methyl sites for hydroxylation is 3. The van der Waals surface area contributed by atoms with Gasteiger partial charge in [0, 0.05) is 35.3 Å². The highest BCUT2D eigenvalue weighted by atomic mass is 16.5. The quantitative estimate of drug-likeness (QED) is 0.163. The van der Waals surface area contributed by atoms with Gasteiger partial charge in [-0.1, -0.05) is 105 Å². The van der Waals surface area contributed by atoms with Crippen molar-refractivity contribution in [3.8, 4) is 67.5 Å². The molecule has 56 heavy (non-hydrogen) atoms. The summed E-state index contributed by atoms with van der Waals surface area (Å²) in [6.07, 6.45) is 1.51. The largest absolute Gasteiger partial charge is 0.496 e. The zero-order valence-electron chi connectivity index (χ0n) is 45.1. The van der Waals surface area contributed by atoms with E-state index in [0.29, 0.717) is 61.8 Å². The zero-order chi connectivity index (χ0) is 50.3. The molecule has 4 heteroatoms. The number of fused-ring (bicyclic) bond motifs is 1. The van der Waals surface area contributed by atoms with Gasteiger partial charge in [-0.05, 0) is 144 Å². The Morgan fingerprint density at radius 3 is 2.18 bits per heavy atom. The smallest absolute Gasteiger partial charge is 0.149 e. The summed E-state index contributed by atoms with van der Waals surface area (Å²) in [7, 11) is 1.58. The summed E-state index contributed by atoms with van der Waals surface area (Å²) in [5.74, 6) is 0.971. The molecule has 8 rings (SSSR count). The van der Waals surface area contributed by atoms with Crippen LogP contribution in [0.1, 0.15) is 72.0 Å². The van der Waals surface area contributed by atoms with Gasteiger partial charge in [-0.15, -0.1) is 0 Å². The molecule has 2 heterocycles. The van der Waals surface area contributed by atoms with E-state index in [0.717, 1.165) is 22.3 Å². The van der Waals surface area contributed by atoms with Gasteiger partial charge in [-0.3, -0.25) is 9.55 Å². The number of para-hydroxylation sites is 1. The number of hydrogen-bond acceptors (Lipinski definition) is 3. The fraction of sp³-hybridized carbons (Fsp3) is 0.192. The molecule has 0 unspecified atom stereocenters. The third-order valence-electron chi connectivity index (χ3n) is 10.1. The van der Waals surface area contributed by atoms with Crippen LogP contribution < -0.4 is 4.74 Å². The van der Waals surface area contributed by atoms with Gasteiger partial charge in [0.25, 0.3) is 0 Å². The van der Waals surface area contributed by atoms with Crippen LogP contribution in [0.25, 0.3) is 72.7 Å². The van der Waals surface area contributed by atoms with Crippen LogP contribution >= 0.6 is 0 Å². The maximum absolute atomic E-state index is 8.80. The van der Waals surface area contributed by atoms with Gasteiger partial charge in [0.15, 0.2) is 0 Å². The molecule has 0 saturated carbocycles. The first-order chi connectivity index (χ1) is 32.2. The number of methoxy groups -OCH3 is 1. The lowest BCUT2D eigenvalue weighted by molar-refractivity contribution is 0.413. The van der Waals surface area contributed by atoms with E-state index in [1.165, 1.54) is 12.3 Å². The number of pyridine rings is 1. The summed E-state index contributed by atoms with van der Waals surface area (Å²) >= 11 is 0. The Kier molecular flexibility index (Phi) is 6.26. The van der Waals surface area contributed by atoms with Crippen LogP contribution in [0.2, 0.25) is 0 Å². The molecule has 0 radical (unpaired) electrons. The van der Waals surface area contributed by atoms with E-state index in [-0.39, 0.29) is 22.3 Å². The summed E-state index contributed by atoms with van der Waals surface area (Å²) in [4.78, 5) is 10.1. The first kappa shape index (κ1) is 24.3. The van der Waals surface area contributed by atoms with Crippen molar-refractivity contribution in [2.45, 2.75) is 60.6 Å². The zero-order valence-corrected chi connectivity index (χ0v) is 32.1. The third kappa shape index (κ3) is 6.81. The Hall–Kier alpha value is -6.26. The maximum atomic E-state index is 8.80. The molecule has 0 saturated heterocycles. The molecular weight excluding hydrogens is 683 g/mol. The first-order valence-corrected chi connectivity index (χ1v) is 18.4. The molecule has 0 aliphatic carbocycles. The third-order valence-corrected chi connectivity index (χ3v) is 10.1. The van der Waals surface area contributed by atoms with Gasteiger partial charge in [0.2, 0.25) is 0 Å². The average molecular weight is 745 g/mol. The second-order valence-electron chi connectivity index (χ2n) is 15.1. The van der Waals surface area contributed by atoms with Gasteiger partial charge in [0.05, 0.1) is 34.9 Å². The van der Waals surface area contributed by atoms with Crippen molar-refractivity contribution in [3.63, 3.8) is 0 Å². The standard InChI is InChI=1S/C52H49N3O/c1-32-18-20-37(21-19-32)39-22-23-53-47(30-39)41-27-40(28-42(29-41)52(6,7)8)44-16-13-17-48-49(44)54-51(46-25-33(2)24-35(4)50(46)56-9)55(48)43-26-34(3)36(5)45(31-43)38-14-11-10-12-15-38/h10-31H,1-9H3/i1D3,3D3,5D3,18D,19D,20D,21D. The highest BCUT2D eigenvalue weighted by Crippen LogP contribution is 2.42. The molecule has 8 aromatic rings. The molecule has 0 N–H and O–H groups in total. The van der Waals surface area contributed by atoms with Crippen molar-refractivity contribution in [2.24, 2.45) is 0 Å². The predicted octanol–water partition coefficient (Wildman–Crippen LogP) is 13.6. The van der Waals surface area contributed by atoms with Crippen LogP contribution in [0.4, 0.5) is 0 Å². The molecule has 0 fully saturated rings. The number of nitrogens with zero attached hydrogens (tertiary/aromatic N) is 3. The van der Waals surface area contributed by atoms with Crippen molar-refractivity contribution in [3.05, 3.63) is 167 Å². The minimum Gasteiger partial charge on any atom is -0.496 e. The minimum absolute atomic E-state index is 0.0533. The number of benzene rings is 6. The summed E-state index contributed by atoms with van der Waals surface area (Å²) in [6.45, 7) is 1.66. The summed E-state index contributed by atoms with van der Waals surface area (Å²) in [6, 6.07) is 28.7. The second kappa shape index (κ2) is 14.4. The van der Waals surface area contributed by atoms with Gasteiger partial charge in [-0.2, -0.15) is 0 Å². The van der Waals surface area contributed by atoms with E-state index in [4.69, 9.17) is 32.5 Å². The van der Waals surface area contributed by atoms with Crippen LogP contribution in [0.15, 0.2) is 133 Å². The Morgan fingerprint density at radius 2 is 1.45 bits per heavy atom. The summed E-state index contributed by atoms with van der Waals surface area (Å²) in [5.41, 5.74) is 6.82. The molecule has 4 nitrogen and oxygen atoms in total. The molecule has 0 atom stereocenters. The SMILES string of the molecule is [2H]c1c([2H])c(C([2H])([2H])[2H])c([2H])c([2H])c1-c1ccnc(-c2cc(-c3cccc4c3nc(-c3cc(C)cc(C)c3OC)n4-c3cc(-c4ccccc4)c(C([2H])([2H])[2H])c(C([2H])([2H])[2H])c3)cc(C(C)(C)C)c2)c1. The fourth-order valence-electron chi connectivity index (χ4n) is 7.33. The van der Waals surface area contributed by atoms with E-state index < -0.39 is 55.7 Å². The lowest BCUT2D eigenvalue weighted by Gasteiger charge is -2.22. The van der Waals surface area contributed by atoms with Gasteiger partial charge in [-0.25, -0.2) is 4.98 Å². The highest BCUT2D eigenvalue weighted by Gasteiger charge is 2.24. The van der Waals surface area contributed by atoms with Crippen molar-refractivity contribution in [1.82, 2.24) is 14.5 Å². The molecule has 0 aliphatic rings. The topological polar surface area (TPSA) is 39.9 Å². The molecule has 0 spiro atoms. The number of aromatic nitrogens is 3. The van der Waals surface area contributed by atoms with E-state index in [1.54, 1.807) is 55.6 Å². The maximum Gasteiger partial charge on any atom is 0.149 e. The van der Waals surface area contributed by atoms with Crippen molar-refractivity contribution >= 4 is 11.0 Å². The van der Waals surface area contributed by atoms with Crippen molar-refractivity contribution < 1.29 is 22.6 Å². The average Bonchev–Trinajstić information content (AvgIpc) is 3.67. The van der Waals surface area contributed by atoms with E-state index in [9.17, 15) is 0 Å². The molecule has 278 valence electrons. The Balaban J connectivity index is 1.43. The van der Waals surface area contributed by atoms with Gasteiger partial charge >= 0.3 is 0 Å². The van der Waals surface area contributed by atoms with E-state index in [1.807, 2.05) is 60.9 Å². The van der Waals surface area contributed by atoms with Crippen LogP contribution in [-0.4, -0.2) is 21.6 Å². The fourth-order valence-corrected chi connectivity index (χ4v) is 7.33. The Labute approximate surface area is 349 Å². The summed E-state index contributed by atoms with van der Waals surface area (Å²) < 4.78 is 118. The molecular formula is C52H49N3O. The van der Waals surface area contributed by atoms with Crippen LogP contribution in [0.5, 0.6) is 5.75 Å². The van der Waals surface area contributed by atoms with Crippen LogP contribution in [0, 0.1) is 34.4 Å². The van der Waals surface area contributed by atoms with E-state index >= 15 is 0 Å². The number of ether oxygens (including phenoxy) is 1. The van der Waals surface area contributed by atoms with E-state index in [2.05, 4.69) is 26.8 Å². The van der Waals surface area contributed by atoms with Gasteiger partial charge < -0.3 is 4.74 Å². The molecule has 0 aliphatic heterocycles. The monoisotopic (exact) mass is 744 g/mol. The second-order valence-corrected chi connectivity index (χ2v) is 15.1. The normalized spacial score (nSPS) is 15.7. The lowest BCUT2D eigenvalue weighted by Crippen LogP contribution is -2.11. The van der Waals surface area contributed by atoms with Gasteiger partial charge in [0.1, 0.15) is 11.6 Å². The van der Waals surface area contributed by atoms with Crippen molar-refractivity contribution in [2.75, 3.05) is 7.11 Å². The predicted molar refractivity (Wildman–Crippen MR) is 235 cm³/mol. The van der Waals surface area contributed by atoms with Crippen LogP contribution in [-0.2, 0) is 5.41 Å². The first-order valence-electron chi connectivity index (χ1n) is 24.9. The van der Waals surface area contributed by atoms with Crippen LogP contribution in [0.3, 0.4) is 0 Å². The highest BCUT2D eigenvalue weighted by molar-refractivity contribution is 5.97. The number of rotatable bonds is 7. The summed E-state index contributed by atoms with van der Waals surface area (Å²) in [5, 5.41) is 0. The Bertz CT molecular complexity index is 3300. The van der Waals surface area contributed by atoms with Crippen molar-refractivity contribution in [1.29, 1.82) is 0 Å². The molecule has 0 bridgehead atoms. The Morgan fingerprint density at radius 1 is 0.643 bits per heavy atom. The lowest BCUT2D eigenvalue weighted by atomic mass is 9.83.